The first kappa shape index (κ1) is 29.0. The first-order chi connectivity index (χ1) is 14.8. The van der Waals surface area contributed by atoms with Crippen molar-refractivity contribution in [3.63, 3.8) is 0 Å². The molecule has 1 atom stereocenters. The van der Waals surface area contributed by atoms with Crippen LogP contribution in [0.5, 0.6) is 0 Å². The summed E-state index contributed by atoms with van der Waals surface area (Å²) in [6.45, 7) is 7.57. The SMILES string of the molecule is C=C(N)CCC(NC(=C)CCCCCCCCCCCCCCCCC(=O)O)C(=O)O. The van der Waals surface area contributed by atoms with Gasteiger partial charge in [-0.05, 0) is 32.1 Å². The first-order valence-corrected chi connectivity index (χ1v) is 12.1. The van der Waals surface area contributed by atoms with Crippen LogP contribution < -0.4 is 11.1 Å². The molecule has 6 heteroatoms. The fourth-order valence-electron chi connectivity index (χ4n) is 3.64. The molecule has 0 radical (unpaired) electrons. The van der Waals surface area contributed by atoms with Gasteiger partial charge < -0.3 is 21.3 Å². The van der Waals surface area contributed by atoms with E-state index in [1.165, 1.54) is 57.8 Å². The molecule has 0 aliphatic rings. The van der Waals surface area contributed by atoms with Crippen LogP contribution in [0.4, 0.5) is 0 Å². The second kappa shape index (κ2) is 20.0. The zero-order valence-electron chi connectivity index (χ0n) is 19.5. The van der Waals surface area contributed by atoms with E-state index >= 15 is 0 Å². The van der Waals surface area contributed by atoms with Crippen LogP contribution in [-0.4, -0.2) is 28.2 Å². The van der Waals surface area contributed by atoms with E-state index in [1.54, 1.807) is 0 Å². The summed E-state index contributed by atoms with van der Waals surface area (Å²) in [4.78, 5) is 21.7. The molecule has 0 amide bonds. The molecule has 1 unspecified atom stereocenters. The fraction of sp³-hybridized carbons (Fsp3) is 0.760. The molecule has 0 saturated heterocycles. The Labute approximate surface area is 189 Å². The summed E-state index contributed by atoms with van der Waals surface area (Å²) >= 11 is 0. The van der Waals surface area contributed by atoms with Gasteiger partial charge in [-0.25, -0.2) is 4.79 Å². The monoisotopic (exact) mass is 438 g/mol. The number of hydrogen-bond acceptors (Lipinski definition) is 4. The smallest absolute Gasteiger partial charge is 0.326 e. The number of carbonyl (C=O) groups is 2. The molecule has 0 fully saturated rings. The highest BCUT2D eigenvalue weighted by molar-refractivity contribution is 5.73. The summed E-state index contributed by atoms with van der Waals surface area (Å²) in [7, 11) is 0. The van der Waals surface area contributed by atoms with E-state index in [1.807, 2.05) is 0 Å². The third-order valence-electron chi connectivity index (χ3n) is 5.55. The number of aliphatic carboxylic acids is 2. The molecule has 0 saturated carbocycles. The third-order valence-corrected chi connectivity index (χ3v) is 5.55. The molecule has 31 heavy (non-hydrogen) atoms. The normalized spacial score (nSPS) is 11.7. The molecule has 0 aliphatic heterocycles. The Bertz CT molecular complexity index is 520. The Hall–Kier alpha value is -1.98. The maximum Gasteiger partial charge on any atom is 0.326 e. The zero-order chi connectivity index (χ0) is 23.3. The minimum atomic E-state index is -0.877. The molecule has 0 rings (SSSR count). The van der Waals surface area contributed by atoms with Crippen molar-refractivity contribution in [2.24, 2.45) is 5.73 Å². The molecular formula is C25H46N2O4. The lowest BCUT2D eigenvalue weighted by Gasteiger charge is -2.17. The van der Waals surface area contributed by atoms with Gasteiger partial charge in [0.2, 0.25) is 0 Å². The first-order valence-electron chi connectivity index (χ1n) is 12.1. The Kier molecular flexibility index (Phi) is 18.7. The highest BCUT2D eigenvalue weighted by Gasteiger charge is 2.17. The van der Waals surface area contributed by atoms with Gasteiger partial charge in [0.05, 0.1) is 0 Å². The second-order valence-corrected chi connectivity index (χ2v) is 8.68. The Balaban J connectivity index is 3.43. The van der Waals surface area contributed by atoms with Crippen LogP contribution in [0.1, 0.15) is 116 Å². The number of hydrogen-bond donors (Lipinski definition) is 4. The second-order valence-electron chi connectivity index (χ2n) is 8.68. The summed E-state index contributed by atoms with van der Waals surface area (Å²) in [5.74, 6) is -1.56. The van der Waals surface area contributed by atoms with Gasteiger partial charge in [-0.1, -0.05) is 90.2 Å². The lowest BCUT2D eigenvalue weighted by Crippen LogP contribution is -2.36. The molecule has 5 N–H and O–H groups in total. The summed E-state index contributed by atoms with van der Waals surface area (Å²) in [6, 6.07) is -0.648. The van der Waals surface area contributed by atoms with Crippen LogP contribution in [0.3, 0.4) is 0 Å². The van der Waals surface area contributed by atoms with Gasteiger partial charge in [-0.2, -0.15) is 0 Å². The number of allylic oxidation sites excluding steroid dienone is 2. The van der Waals surface area contributed by atoms with Crippen molar-refractivity contribution >= 4 is 11.9 Å². The molecule has 6 nitrogen and oxygen atoms in total. The number of rotatable bonds is 23. The lowest BCUT2D eigenvalue weighted by molar-refractivity contribution is -0.139. The van der Waals surface area contributed by atoms with Gasteiger partial charge in [0.15, 0.2) is 0 Å². The van der Waals surface area contributed by atoms with E-state index in [4.69, 9.17) is 10.8 Å². The van der Waals surface area contributed by atoms with Crippen LogP contribution >= 0.6 is 0 Å². The highest BCUT2D eigenvalue weighted by atomic mass is 16.4. The Morgan fingerprint density at radius 3 is 1.42 bits per heavy atom. The van der Waals surface area contributed by atoms with Crippen molar-refractivity contribution in [1.82, 2.24) is 5.32 Å². The van der Waals surface area contributed by atoms with Crippen molar-refractivity contribution in [3.05, 3.63) is 24.6 Å². The van der Waals surface area contributed by atoms with Gasteiger partial charge in [0, 0.05) is 17.8 Å². The average molecular weight is 439 g/mol. The van der Waals surface area contributed by atoms with Gasteiger partial charge in [0.1, 0.15) is 6.04 Å². The van der Waals surface area contributed by atoms with Gasteiger partial charge in [-0.15, -0.1) is 0 Å². The van der Waals surface area contributed by atoms with Gasteiger partial charge >= 0.3 is 11.9 Å². The van der Waals surface area contributed by atoms with Crippen LogP contribution in [0.15, 0.2) is 24.6 Å². The van der Waals surface area contributed by atoms with E-state index in [2.05, 4.69) is 18.5 Å². The minimum absolute atomic E-state index is 0.308. The maximum atomic E-state index is 11.3. The van der Waals surface area contributed by atoms with Gasteiger partial charge in [0.25, 0.3) is 0 Å². The van der Waals surface area contributed by atoms with Crippen molar-refractivity contribution in [2.75, 3.05) is 0 Å². The predicted molar refractivity (Wildman–Crippen MR) is 128 cm³/mol. The molecular weight excluding hydrogens is 392 g/mol. The zero-order valence-corrected chi connectivity index (χ0v) is 19.5. The molecule has 180 valence electrons. The summed E-state index contributed by atoms with van der Waals surface area (Å²) in [6.07, 6.45) is 18.7. The van der Waals surface area contributed by atoms with E-state index in [9.17, 15) is 14.7 Å². The summed E-state index contributed by atoms with van der Waals surface area (Å²) < 4.78 is 0. The summed E-state index contributed by atoms with van der Waals surface area (Å²) in [5, 5.41) is 20.9. The van der Waals surface area contributed by atoms with E-state index < -0.39 is 18.0 Å². The maximum absolute atomic E-state index is 11.3. The number of carboxylic acids is 2. The number of nitrogens with one attached hydrogen (secondary N) is 1. The molecule has 0 spiro atoms. The van der Waals surface area contributed by atoms with Crippen molar-refractivity contribution in [1.29, 1.82) is 0 Å². The summed E-state index contributed by atoms with van der Waals surface area (Å²) in [5.41, 5.74) is 6.82. The largest absolute Gasteiger partial charge is 0.481 e. The van der Waals surface area contributed by atoms with Crippen molar-refractivity contribution in [3.8, 4) is 0 Å². The topological polar surface area (TPSA) is 113 Å². The fourth-order valence-corrected chi connectivity index (χ4v) is 3.64. The van der Waals surface area contributed by atoms with E-state index in [0.717, 1.165) is 44.2 Å². The molecule has 0 aromatic carbocycles. The molecule has 0 aromatic heterocycles. The van der Waals surface area contributed by atoms with E-state index in [0.29, 0.717) is 25.0 Å². The van der Waals surface area contributed by atoms with Crippen LogP contribution in [0, 0.1) is 0 Å². The lowest BCUT2D eigenvalue weighted by atomic mass is 10.0. The van der Waals surface area contributed by atoms with Crippen LogP contribution in [-0.2, 0) is 9.59 Å². The standard InChI is InChI=1S/C25H46N2O4/c1-21(26)19-20-23(25(30)31)27-22(2)17-15-13-11-9-7-5-3-4-6-8-10-12-14-16-18-24(28)29/h23,27H,1-20,26H2,(H,28,29)(H,30,31). The van der Waals surface area contributed by atoms with Crippen molar-refractivity contribution < 1.29 is 19.8 Å². The van der Waals surface area contributed by atoms with Crippen molar-refractivity contribution in [2.45, 2.75) is 122 Å². The predicted octanol–water partition coefficient (Wildman–Crippen LogP) is 6.12. The Morgan fingerprint density at radius 2 is 1.06 bits per heavy atom. The number of nitrogens with two attached hydrogens (primary N) is 1. The number of carboxylic acid groups (broad SMARTS) is 2. The van der Waals surface area contributed by atoms with E-state index in [-0.39, 0.29) is 0 Å². The van der Waals surface area contributed by atoms with Crippen LogP contribution in [0.2, 0.25) is 0 Å². The van der Waals surface area contributed by atoms with Crippen LogP contribution in [0.25, 0.3) is 0 Å². The molecule has 0 aromatic rings. The van der Waals surface area contributed by atoms with Gasteiger partial charge in [-0.3, -0.25) is 4.79 Å². The minimum Gasteiger partial charge on any atom is -0.481 e. The average Bonchev–Trinajstić information content (AvgIpc) is 2.70. The Morgan fingerprint density at radius 1 is 0.677 bits per heavy atom. The molecule has 0 aliphatic carbocycles. The quantitative estimate of drug-likeness (QED) is 0.143. The number of unbranched alkanes of at least 4 members (excludes halogenated alkanes) is 13. The third kappa shape index (κ3) is 21.1. The molecule has 0 bridgehead atoms. The highest BCUT2D eigenvalue weighted by Crippen LogP contribution is 2.15. The molecule has 0 heterocycles.